The summed E-state index contributed by atoms with van der Waals surface area (Å²) >= 11 is 0. The number of benzene rings is 3. The first kappa shape index (κ1) is 37.1. The zero-order valence-electron chi connectivity index (χ0n) is 31.8. The first-order chi connectivity index (χ1) is 24.9. The molecule has 3 atom stereocenters. The van der Waals surface area contributed by atoms with Crippen molar-refractivity contribution in [2.24, 2.45) is 5.41 Å². The van der Waals surface area contributed by atoms with Gasteiger partial charge in [-0.1, -0.05) is 13.3 Å². The second-order valence-electron chi connectivity index (χ2n) is 14.5. The van der Waals surface area contributed by atoms with E-state index in [1.54, 1.807) is 42.7 Å². The predicted molar refractivity (Wildman–Crippen MR) is 202 cm³/mol. The highest BCUT2D eigenvalue weighted by Crippen LogP contribution is 2.47. The van der Waals surface area contributed by atoms with E-state index in [4.69, 9.17) is 28.4 Å². The zero-order chi connectivity index (χ0) is 36.0. The van der Waals surface area contributed by atoms with E-state index in [0.717, 1.165) is 118 Å². The normalized spacial score (nSPS) is 20.6. The molecule has 0 radical (unpaired) electrons. The third kappa shape index (κ3) is 7.91. The van der Waals surface area contributed by atoms with Crippen molar-refractivity contribution in [3.63, 3.8) is 0 Å². The first-order valence-corrected chi connectivity index (χ1v) is 18.8. The van der Waals surface area contributed by atoms with Gasteiger partial charge in [-0.05, 0) is 153 Å². The highest BCUT2D eigenvalue weighted by molar-refractivity contribution is 5.51. The Morgan fingerprint density at radius 2 is 0.745 bits per heavy atom. The van der Waals surface area contributed by atoms with Crippen LogP contribution in [0.15, 0.2) is 36.4 Å². The number of hydrogen-bond donors (Lipinski definition) is 3. The average Bonchev–Trinajstić information content (AvgIpc) is 3.18. The van der Waals surface area contributed by atoms with Crippen LogP contribution >= 0.6 is 0 Å². The Kier molecular flexibility index (Phi) is 12.2. The van der Waals surface area contributed by atoms with Gasteiger partial charge >= 0.3 is 0 Å². The van der Waals surface area contributed by atoms with Gasteiger partial charge < -0.3 is 44.4 Å². The van der Waals surface area contributed by atoms with Gasteiger partial charge in [0.25, 0.3) is 0 Å². The van der Waals surface area contributed by atoms with Crippen molar-refractivity contribution in [1.29, 1.82) is 0 Å². The molecular weight excluding hydrogens is 642 g/mol. The minimum absolute atomic E-state index is 0.154. The van der Waals surface area contributed by atoms with Crippen LogP contribution in [0, 0.1) is 5.41 Å². The Morgan fingerprint density at radius 3 is 1.00 bits per heavy atom. The van der Waals surface area contributed by atoms with E-state index >= 15 is 0 Å². The molecule has 0 bridgehead atoms. The second kappa shape index (κ2) is 16.8. The number of fused-ring (bicyclic) bond motifs is 3. The summed E-state index contributed by atoms with van der Waals surface area (Å²) in [5.74, 6) is 4.83. The van der Waals surface area contributed by atoms with E-state index in [0.29, 0.717) is 0 Å². The van der Waals surface area contributed by atoms with Crippen molar-refractivity contribution >= 4 is 0 Å². The fraction of sp³-hybridized carbons (Fsp3) is 0.571. The summed E-state index contributed by atoms with van der Waals surface area (Å²) in [6.07, 6.45) is 10.7. The SMILES string of the molecule is CCC(CCC1NCCc2cc(OC)c(OC)cc21)(CCC1NCCc2cc(OC)c(OC)cc21)CCC1NCCc2cc(OC)c(OC)cc21. The lowest BCUT2D eigenvalue weighted by Crippen LogP contribution is -2.34. The maximum Gasteiger partial charge on any atom is 0.161 e. The lowest BCUT2D eigenvalue weighted by Gasteiger charge is -2.39. The molecule has 0 fully saturated rings. The molecule has 3 unspecified atom stereocenters. The van der Waals surface area contributed by atoms with Gasteiger partial charge in [0.15, 0.2) is 34.5 Å². The molecule has 3 N–H and O–H groups in total. The smallest absolute Gasteiger partial charge is 0.161 e. The Bertz CT molecular complexity index is 1460. The number of nitrogens with one attached hydrogen (secondary N) is 3. The van der Waals surface area contributed by atoms with Crippen LogP contribution in [0.5, 0.6) is 34.5 Å². The van der Waals surface area contributed by atoms with Crippen LogP contribution in [-0.2, 0) is 19.3 Å². The van der Waals surface area contributed by atoms with Gasteiger partial charge in [-0.25, -0.2) is 0 Å². The lowest BCUT2D eigenvalue weighted by molar-refractivity contribution is 0.166. The monoisotopic (exact) mass is 701 g/mol. The molecule has 0 saturated heterocycles. The van der Waals surface area contributed by atoms with Crippen molar-refractivity contribution < 1.29 is 28.4 Å². The van der Waals surface area contributed by atoms with E-state index in [1.165, 1.54) is 33.4 Å². The molecule has 3 heterocycles. The van der Waals surface area contributed by atoms with Crippen molar-refractivity contribution in [2.45, 2.75) is 89.3 Å². The van der Waals surface area contributed by atoms with Crippen LogP contribution in [0.4, 0.5) is 0 Å². The maximum atomic E-state index is 5.75. The standard InChI is InChI=1S/C42H59N3O6/c1-8-42(15-9-33-30-24-39(49-5)36(46-2)21-27(30)12-18-43-33,16-10-34-31-25-40(50-6)37(47-3)22-28(31)13-19-44-34)17-11-35-32-26-41(51-7)38(48-4)23-29(32)14-20-45-35/h21-26,33-35,43-45H,8-20H2,1-7H3. The molecule has 9 heteroatoms. The van der Waals surface area contributed by atoms with Gasteiger partial charge in [0.05, 0.1) is 42.7 Å². The quantitative estimate of drug-likeness (QED) is 0.141. The summed E-state index contributed by atoms with van der Waals surface area (Å²) in [6, 6.07) is 14.0. The van der Waals surface area contributed by atoms with Gasteiger partial charge in [0, 0.05) is 18.1 Å². The summed E-state index contributed by atoms with van der Waals surface area (Å²) in [4.78, 5) is 0. The summed E-state index contributed by atoms with van der Waals surface area (Å²) in [7, 11) is 10.3. The summed E-state index contributed by atoms with van der Waals surface area (Å²) in [5, 5.41) is 11.6. The largest absolute Gasteiger partial charge is 0.493 e. The molecule has 278 valence electrons. The number of methoxy groups -OCH3 is 6. The van der Waals surface area contributed by atoms with E-state index in [9.17, 15) is 0 Å². The van der Waals surface area contributed by atoms with Gasteiger partial charge in [-0.3, -0.25) is 0 Å². The molecule has 3 aliphatic heterocycles. The van der Waals surface area contributed by atoms with E-state index in [2.05, 4.69) is 59.3 Å². The minimum atomic E-state index is 0.154. The number of ether oxygens (including phenoxy) is 6. The molecule has 0 spiro atoms. The van der Waals surface area contributed by atoms with Gasteiger partial charge in [0.2, 0.25) is 0 Å². The second-order valence-corrected chi connectivity index (χ2v) is 14.5. The van der Waals surface area contributed by atoms with Crippen molar-refractivity contribution in [2.75, 3.05) is 62.3 Å². The third-order valence-electron chi connectivity index (χ3n) is 12.1. The maximum absolute atomic E-state index is 5.75. The van der Waals surface area contributed by atoms with Crippen molar-refractivity contribution in [3.8, 4) is 34.5 Å². The van der Waals surface area contributed by atoms with Crippen LogP contribution in [0.25, 0.3) is 0 Å². The van der Waals surface area contributed by atoms with Crippen LogP contribution < -0.4 is 44.4 Å². The molecule has 0 aromatic heterocycles. The Morgan fingerprint density at radius 1 is 0.471 bits per heavy atom. The molecule has 0 aliphatic carbocycles. The van der Waals surface area contributed by atoms with Gasteiger partial charge in [-0.2, -0.15) is 0 Å². The van der Waals surface area contributed by atoms with Crippen LogP contribution in [0.3, 0.4) is 0 Å². The highest BCUT2D eigenvalue weighted by atomic mass is 16.5. The fourth-order valence-electron chi connectivity index (χ4n) is 8.94. The summed E-state index contributed by atoms with van der Waals surface area (Å²) in [5.41, 5.74) is 8.27. The third-order valence-corrected chi connectivity index (χ3v) is 12.1. The Labute approximate surface area is 305 Å². The lowest BCUT2D eigenvalue weighted by atomic mass is 9.69. The number of hydrogen-bond acceptors (Lipinski definition) is 9. The fourth-order valence-corrected chi connectivity index (χ4v) is 8.94. The predicted octanol–water partition coefficient (Wildman–Crippen LogP) is 7.44. The number of rotatable bonds is 16. The van der Waals surface area contributed by atoms with Gasteiger partial charge in [-0.15, -0.1) is 0 Å². The topological polar surface area (TPSA) is 91.5 Å². The Balaban J connectivity index is 1.27. The molecule has 51 heavy (non-hydrogen) atoms. The molecule has 6 rings (SSSR count). The summed E-state index contributed by atoms with van der Waals surface area (Å²) in [6.45, 7) is 5.31. The molecule has 0 amide bonds. The average molecular weight is 702 g/mol. The molecule has 9 nitrogen and oxygen atoms in total. The minimum Gasteiger partial charge on any atom is -0.493 e. The molecule has 3 aliphatic rings. The van der Waals surface area contributed by atoms with Crippen LogP contribution in [0.2, 0.25) is 0 Å². The highest BCUT2D eigenvalue weighted by Gasteiger charge is 2.35. The van der Waals surface area contributed by atoms with Crippen LogP contribution in [-0.4, -0.2) is 62.3 Å². The molecular formula is C42H59N3O6. The summed E-state index contributed by atoms with van der Waals surface area (Å²) < 4.78 is 34.2. The molecule has 3 aromatic rings. The van der Waals surface area contributed by atoms with E-state index in [1.807, 2.05) is 0 Å². The molecule has 3 aromatic carbocycles. The Hall–Kier alpha value is -3.66. The zero-order valence-corrected chi connectivity index (χ0v) is 31.8. The van der Waals surface area contributed by atoms with Crippen molar-refractivity contribution in [3.05, 3.63) is 69.8 Å². The van der Waals surface area contributed by atoms with Crippen molar-refractivity contribution in [1.82, 2.24) is 16.0 Å². The molecule has 0 saturated carbocycles. The van der Waals surface area contributed by atoms with E-state index < -0.39 is 0 Å². The van der Waals surface area contributed by atoms with E-state index in [-0.39, 0.29) is 23.5 Å². The van der Waals surface area contributed by atoms with Crippen LogP contribution in [0.1, 0.15) is 103 Å². The first-order valence-electron chi connectivity index (χ1n) is 18.8. The van der Waals surface area contributed by atoms with Gasteiger partial charge in [0.1, 0.15) is 0 Å².